The lowest BCUT2D eigenvalue weighted by atomic mass is 9.87. The molecule has 1 aromatic carbocycles. The highest BCUT2D eigenvalue weighted by molar-refractivity contribution is 5.70. The van der Waals surface area contributed by atoms with Gasteiger partial charge in [-0.2, -0.15) is 0 Å². The van der Waals surface area contributed by atoms with E-state index in [-0.39, 0.29) is 23.6 Å². The molecular formula is C13H15FO3. The van der Waals surface area contributed by atoms with E-state index in [0.29, 0.717) is 25.7 Å². The second-order valence-electron chi connectivity index (χ2n) is 4.36. The number of ether oxygens (including phenoxy) is 1. The molecule has 92 valence electrons. The van der Waals surface area contributed by atoms with Crippen LogP contribution in [0.5, 0.6) is 5.75 Å². The third-order valence-electron chi connectivity index (χ3n) is 3.15. The van der Waals surface area contributed by atoms with Crippen molar-refractivity contribution in [2.45, 2.75) is 31.8 Å². The summed E-state index contributed by atoms with van der Waals surface area (Å²) in [4.78, 5) is 10.8. The summed E-state index contributed by atoms with van der Waals surface area (Å²) in [6.07, 6.45) is 2.49. The fourth-order valence-corrected chi connectivity index (χ4v) is 2.15. The Balaban J connectivity index is 1.90. The van der Waals surface area contributed by atoms with Gasteiger partial charge in [0.25, 0.3) is 0 Å². The molecule has 0 spiro atoms. The van der Waals surface area contributed by atoms with E-state index < -0.39 is 5.97 Å². The minimum atomic E-state index is -0.741. The zero-order chi connectivity index (χ0) is 12.3. The van der Waals surface area contributed by atoms with Crippen LogP contribution in [0.4, 0.5) is 4.39 Å². The average Bonchev–Trinajstić information content (AvgIpc) is 2.33. The van der Waals surface area contributed by atoms with Crippen LogP contribution in [0.1, 0.15) is 25.7 Å². The number of carboxylic acids is 1. The Hall–Kier alpha value is -1.58. The lowest BCUT2D eigenvalue weighted by Gasteiger charge is -2.26. The lowest BCUT2D eigenvalue weighted by molar-refractivity contribution is -0.143. The van der Waals surface area contributed by atoms with Crippen LogP contribution in [0.25, 0.3) is 0 Å². The lowest BCUT2D eigenvalue weighted by Crippen LogP contribution is -2.28. The van der Waals surface area contributed by atoms with Crippen molar-refractivity contribution in [3.05, 3.63) is 30.1 Å². The number of aliphatic carboxylic acids is 1. The number of carbonyl (C=O) groups is 1. The van der Waals surface area contributed by atoms with Crippen LogP contribution in [0.15, 0.2) is 24.3 Å². The maximum atomic E-state index is 13.3. The number of rotatable bonds is 3. The first-order chi connectivity index (χ1) is 8.16. The van der Waals surface area contributed by atoms with Crippen molar-refractivity contribution >= 4 is 5.97 Å². The van der Waals surface area contributed by atoms with Gasteiger partial charge in [0.15, 0.2) is 11.6 Å². The molecule has 1 aliphatic rings. The second-order valence-corrected chi connectivity index (χ2v) is 4.36. The van der Waals surface area contributed by atoms with E-state index >= 15 is 0 Å². The second kappa shape index (κ2) is 5.17. The molecule has 0 unspecified atom stereocenters. The Morgan fingerprint density at radius 3 is 2.47 bits per heavy atom. The number of carboxylic acid groups (broad SMARTS) is 1. The smallest absolute Gasteiger partial charge is 0.306 e. The Kier molecular flexibility index (Phi) is 3.61. The third-order valence-corrected chi connectivity index (χ3v) is 3.15. The summed E-state index contributed by atoms with van der Waals surface area (Å²) in [6, 6.07) is 6.29. The number of para-hydroxylation sites is 1. The Labute approximate surface area is 99.2 Å². The van der Waals surface area contributed by atoms with E-state index in [1.54, 1.807) is 18.2 Å². The van der Waals surface area contributed by atoms with Gasteiger partial charge in [0.2, 0.25) is 0 Å². The van der Waals surface area contributed by atoms with Gasteiger partial charge in [-0.3, -0.25) is 4.79 Å². The molecule has 17 heavy (non-hydrogen) atoms. The monoisotopic (exact) mass is 238 g/mol. The van der Waals surface area contributed by atoms with E-state index in [1.165, 1.54) is 6.07 Å². The normalized spacial score (nSPS) is 24.3. The van der Waals surface area contributed by atoms with Crippen molar-refractivity contribution in [3.8, 4) is 5.75 Å². The van der Waals surface area contributed by atoms with Gasteiger partial charge >= 0.3 is 5.97 Å². The van der Waals surface area contributed by atoms with Crippen molar-refractivity contribution in [2.24, 2.45) is 5.92 Å². The zero-order valence-corrected chi connectivity index (χ0v) is 9.43. The van der Waals surface area contributed by atoms with E-state index in [0.717, 1.165) is 0 Å². The molecule has 1 N–H and O–H groups in total. The summed E-state index contributed by atoms with van der Waals surface area (Å²) < 4.78 is 18.9. The zero-order valence-electron chi connectivity index (χ0n) is 9.43. The van der Waals surface area contributed by atoms with E-state index in [2.05, 4.69) is 0 Å². The molecule has 0 bridgehead atoms. The Morgan fingerprint density at radius 2 is 1.88 bits per heavy atom. The standard InChI is InChI=1S/C13H15FO3/c14-11-3-1-2-4-12(11)17-10-7-5-9(6-8-10)13(15)16/h1-4,9-10H,5-8H2,(H,15,16)/t9-,10-. The van der Waals surface area contributed by atoms with Gasteiger partial charge in [-0.05, 0) is 37.8 Å². The van der Waals surface area contributed by atoms with Crippen LogP contribution >= 0.6 is 0 Å². The van der Waals surface area contributed by atoms with Crippen molar-refractivity contribution in [2.75, 3.05) is 0 Å². The highest BCUT2D eigenvalue weighted by atomic mass is 19.1. The summed E-state index contributed by atoms with van der Waals surface area (Å²) in [5.41, 5.74) is 0. The van der Waals surface area contributed by atoms with Gasteiger partial charge in [0, 0.05) is 0 Å². The number of halogens is 1. The van der Waals surface area contributed by atoms with Crippen molar-refractivity contribution in [1.29, 1.82) is 0 Å². The summed E-state index contributed by atoms with van der Waals surface area (Å²) in [5.74, 6) is -1.12. The first kappa shape index (κ1) is 11.9. The fraction of sp³-hybridized carbons (Fsp3) is 0.462. The molecule has 0 aromatic heterocycles. The minimum Gasteiger partial charge on any atom is -0.487 e. The van der Waals surface area contributed by atoms with Crippen molar-refractivity contribution in [1.82, 2.24) is 0 Å². The maximum absolute atomic E-state index is 13.3. The molecule has 1 fully saturated rings. The maximum Gasteiger partial charge on any atom is 0.306 e. The van der Waals surface area contributed by atoms with Gasteiger partial charge in [-0.1, -0.05) is 12.1 Å². The largest absolute Gasteiger partial charge is 0.487 e. The van der Waals surface area contributed by atoms with Gasteiger partial charge in [-0.25, -0.2) is 4.39 Å². The molecule has 0 radical (unpaired) electrons. The van der Waals surface area contributed by atoms with Crippen LogP contribution < -0.4 is 4.74 Å². The molecule has 0 aliphatic heterocycles. The summed E-state index contributed by atoms with van der Waals surface area (Å²) in [7, 11) is 0. The molecule has 0 amide bonds. The van der Waals surface area contributed by atoms with Crippen LogP contribution in [0, 0.1) is 11.7 Å². The molecule has 0 atom stereocenters. The van der Waals surface area contributed by atoms with Crippen LogP contribution in [0.3, 0.4) is 0 Å². The van der Waals surface area contributed by atoms with Gasteiger partial charge in [0.1, 0.15) is 0 Å². The SMILES string of the molecule is O=C(O)[C@H]1CC[C@H](Oc2ccccc2F)CC1. The average molecular weight is 238 g/mol. The number of hydrogen-bond donors (Lipinski definition) is 1. The van der Waals surface area contributed by atoms with E-state index in [4.69, 9.17) is 9.84 Å². The quantitative estimate of drug-likeness (QED) is 0.880. The summed E-state index contributed by atoms with van der Waals surface area (Å²) in [6.45, 7) is 0. The first-order valence-electron chi connectivity index (χ1n) is 5.81. The number of hydrogen-bond acceptors (Lipinski definition) is 2. The van der Waals surface area contributed by atoms with E-state index in [1.807, 2.05) is 0 Å². The van der Waals surface area contributed by atoms with Crippen LogP contribution in [0.2, 0.25) is 0 Å². The molecule has 2 rings (SSSR count). The number of benzene rings is 1. The molecule has 3 nitrogen and oxygen atoms in total. The summed E-state index contributed by atoms with van der Waals surface area (Å²) >= 11 is 0. The van der Waals surface area contributed by atoms with Crippen LogP contribution in [-0.2, 0) is 4.79 Å². The third kappa shape index (κ3) is 2.96. The highest BCUT2D eigenvalue weighted by Crippen LogP contribution is 2.28. The van der Waals surface area contributed by atoms with Gasteiger partial charge in [0.05, 0.1) is 12.0 Å². The molecule has 0 saturated heterocycles. The first-order valence-corrected chi connectivity index (χ1v) is 5.81. The molecule has 1 saturated carbocycles. The summed E-state index contributed by atoms with van der Waals surface area (Å²) in [5, 5.41) is 8.86. The molecular weight excluding hydrogens is 223 g/mol. The van der Waals surface area contributed by atoms with Crippen molar-refractivity contribution < 1.29 is 19.0 Å². The predicted octanol–water partition coefficient (Wildman–Crippen LogP) is 2.85. The van der Waals surface area contributed by atoms with Gasteiger partial charge in [-0.15, -0.1) is 0 Å². The van der Waals surface area contributed by atoms with Crippen molar-refractivity contribution in [3.63, 3.8) is 0 Å². The van der Waals surface area contributed by atoms with Gasteiger partial charge < -0.3 is 9.84 Å². The Bertz CT molecular complexity index is 397. The molecule has 1 aromatic rings. The molecule has 1 aliphatic carbocycles. The molecule has 0 heterocycles. The predicted molar refractivity (Wildman–Crippen MR) is 60.4 cm³/mol. The fourth-order valence-electron chi connectivity index (χ4n) is 2.15. The molecule has 4 heteroatoms. The Morgan fingerprint density at radius 1 is 1.24 bits per heavy atom. The van der Waals surface area contributed by atoms with Crippen LogP contribution in [-0.4, -0.2) is 17.2 Å². The highest BCUT2D eigenvalue weighted by Gasteiger charge is 2.27. The minimum absolute atomic E-state index is 0.0671. The van der Waals surface area contributed by atoms with E-state index in [9.17, 15) is 9.18 Å². The topological polar surface area (TPSA) is 46.5 Å².